The van der Waals surface area contributed by atoms with Gasteiger partial charge in [-0.1, -0.05) is 12.6 Å². The van der Waals surface area contributed by atoms with Crippen molar-refractivity contribution in [2.24, 2.45) is 0 Å². The van der Waals surface area contributed by atoms with Gasteiger partial charge in [-0.15, -0.1) is 0 Å². The van der Waals surface area contributed by atoms with E-state index in [2.05, 4.69) is 42.4 Å². The summed E-state index contributed by atoms with van der Waals surface area (Å²) in [5.41, 5.74) is 0.204. The van der Waals surface area contributed by atoms with Crippen LogP contribution >= 0.6 is 0 Å². The molecule has 4 rings (SSSR count). The minimum absolute atomic E-state index is 0.0174. The number of anilines is 6. The highest BCUT2D eigenvalue weighted by atomic mass is 19.4. The molecule has 210 valence electrons. The van der Waals surface area contributed by atoms with Gasteiger partial charge < -0.3 is 30.5 Å². The number of ether oxygens (including phenoxy) is 1. The lowest BCUT2D eigenvalue weighted by atomic mass is 10.2. The van der Waals surface area contributed by atoms with Crippen LogP contribution in [0.25, 0.3) is 0 Å². The number of amides is 2. The molecule has 3 aromatic rings. The third kappa shape index (κ3) is 6.76. The van der Waals surface area contributed by atoms with Gasteiger partial charge in [-0.3, -0.25) is 9.59 Å². The lowest BCUT2D eigenvalue weighted by molar-refractivity contribution is -0.137. The maximum Gasteiger partial charge on any atom is 0.421 e. The van der Waals surface area contributed by atoms with Gasteiger partial charge in [0.05, 0.1) is 12.8 Å². The number of nitrogens with one attached hydrogen (secondary N) is 3. The van der Waals surface area contributed by atoms with Crippen LogP contribution in [0.3, 0.4) is 0 Å². The highest BCUT2D eigenvalue weighted by Crippen LogP contribution is 2.36. The minimum atomic E-state index is -4.75. The molecule has 2 aromatic heterocycles. The zero-order valence-corrected chi connectivity index (χ0v) is 21.7. The van der Waals surface area contributed by atoms with Crippen LogP contribution in [0, 0.1) is 0 Å². The first-order chi connectivity index (χ1) is 19.1. The van der Waals surface area contributed by atoms with E-state index >= 15 is 0 Å². The minimum Gasteiger partial charge on any atom is -0.494 e. The van der Waals surface area contributed by atoms with Gasteiger partial charge in [0.1, 0.15) is 28.8 Å². The molecule has 0 unspecified atom stereocenters. The monoisotopic (exact) mass is 556 g/mol. The van der Waals surface area contributed by atoms with Gasteiger partial charge in [-0.25, -0.2) is 9.97 Å². The Morgan fingerprint density at radius 1 is 1.05 bits per heavy atom. The van der Waals surface area contributed by atoms with Crippen LogP contribution in [-0.2, 0) is 15.8 Å². The first-order valence-electron chi connectivity index (χ1n) is 12.1. The maximum atomic E-state index is 13.7. The van der Waals surface area contributed by atoms with Crippen LogP contribution in [0.4, 0.5) is 47.9 Å². The molecule has 0 atom stereocenters. The van der Waals surface area contributed by atoms with Crippen molar-refractivity contribution in [2.45, 2.75) is 13.1 Å². The summed E-state index contributed by atoms with van der Waals surface area (Å²) in [5.74, 6) is -0.585. The maximum absolute atomic E-state index is 13.7. The van der Waals surface area contributed by atoms with Gasteiger partial charge in [0.15, 0.2) is 0 Å². The van der Waals surface area contributed by atoms with E-state index in [9.17, 15) is 22.8 Å². The number of piperazine rings is 1. The first kappa shape index (κ1) is 28.1. The van der Waals surface area contributed by atoms with Crippen molar-refractivity contribution in [1.82, 2.24) is 19.9 Å². The second kappa shape index (κ2) is 11.9. The van der Waals surface area contributed by atoms with E-state index in [1.165, 1.54) is 25.3 Å². The average Bonchev–Trinajstić information content (AvgIpc) is 2.93. The number of carbonyl (C=O) groups is 2. The Labute approximate surface area is 228 Å². The summed E-state index contributed by atoms with van der Waals surface area (Å²) in [4.78, 5) is 39.1. The van der Waals surface area contributed by atoms with Gasteiger partial charge in [0.2, 0.25) is 17.8 Å². The fourth-order valence-corrected chi connectivity index (χ4v) is 4.00. The second-order valence-corrected chi connectivity index (χ2v) is 8.68. The SMILES string of the molecule is C=CC(=O)Nc1cccc(Nc2nc(Nc3ccc(N4CCN(C(C)=O)CC4)cc3OC)ncc2C(F)(F)F)n1. The van der Waals surface area contributed by atoms with E-state index in [4.69, 9.17) is 4.74 Å². The number of hydrogen-bond donors (Lipinski definition) is 3. The molecule has 1 aliphatic heterocycles. The molecular weight excluding hydrogens is 529 g/mol. The molecule has 0 radical (unpaired) electrons. The number of carbonyl (C=O) groups excluding carboxylic acids is 2. The highest BCUT2D eigenvalue weighted by molar-refractivity contribution is 5.98. The average molecular weight is 557 g/mol. The van der Waals surface area contributed by atoms with E-state index in [0.717, 1.165) is 11.8 Å². The number of benzene rings is 1. The molecule has 11 nitrogen and oxygen atoms in total. The van der Waals surface area contributed by atoms with Crippen LogP contribution in [-0.4, -0.2) is 65.0 Å². The van der Waals surface area contributed by atoms with Crippen molar-refractivity contribution < 1.29 is 27.5 Å². The molecule has 2 amide bonds. The molecule has 0 aliphatic carbocycles. The Morgan fingerprint density at radius 2 is 1.77 bits per heavy atom. The van der Waals surface area contributed by atoms with Gasteiger partial charge in [-0.05, 0) is 30.3 Å². The fraction of sp³-hybridized carbons (Fsp3) is 0.269. The van der Waals surface area contributed by atoms with Gasteiger partial charge in [0, 0.05) is 51.1 Å². The number of halogens is 3. The summed E-state index contributed by atoms with van der Waals surface area (Å²) in [7, 11) is 1.47. The molecule has 0 bridgehead atoms. The van der Waals surface area contributed by atoms with E-state index < -0.39 is 23.5 Å². The van der Waals surface area contributed by atoms with Crippen molar-refractivity contribution in [3.05, 3.63) is 60.8 Å². The molecule has 0 saturated carbocycles. The third-order valence-corrected chi connectivity index (χ3v) is 6.05. The zero-order chi connectivity index (χ0) is 28.9. The van der Waals surface area contributed by atoms with Gasteiger partial charge in [-0.2, -0.15) is 18.2 Å². The van der Waals surface area contributed by atoms with Crippen molar-refractivity contribution in [2.75, 3.05) is 54.1 Å². The summed E-state index contributed by atoms with van der Waals surface area (Å²) < 4.78 is 46.7. The molecule has 40 heavy (non-hydrogen) atoms. The van der Waals surface area contributed by atoms with Crippen molar-refractivity contribution in [1.29, 1.82) is 0 Å². The Kier molecular flexibility index (Phi) is 8.36. The molecule has 3 N–H and O–H groups in total. The van der Waals surface area contributed by atoms with Crippen molar-refractivity contribution in [3.63, 3.8) is 0 Å². The predicted molar refractivity (Wildman–Crippen MR) is 144 cm³/mol. The number of alkyl halides is 3. The number of hydrogen-bond acceptors (Lipinski definition) is 9. The van der Waals surface area contributed by atoms with Gasteiger partial charge in [0.25, 0.3) is 0 Å². The predicted octanol–water partition coefficient (Wildman–Crippen LogP) is 4.18. The molecule has 1 aliphatic rings. The van der Waals surface area contributed by atoms with Crippen LogP contribution < -0.4 is 25.6 Å². The zero-order valence-electron chi connectivity index (χ0n) is 21.7. The number of rotatable bonds is 8. The smallest absolute Gasteiger partial charge is 0.421 e. The molecule has 1 aromatic carbocycles. The third-order valence-electron chi connectivity index (χ3n) is 6.05. The normalized spacial score (nSPS) is 13.4. The van der Waals surface area contributed by atoms with Crippen LogP contribution in [0.5, 0.6) is 5.75 Å². The molecule has 1 fully saturated rings. The van der Waals surface area contributed by atoms with Crippen LogP contribution in [0.2, 0.25) is 0 Å². The summed E-state index contributed by atoms with van der Waals surface area (Å²) in [6.45, 7) is 7.40. The Morgan fingerprint density at radius 3 is 2.42 bits per heavy atom. The first-order valence-corrected chi connectivity index (χ1v) is 12.1. The lowest BCUT2D eigenvalue weighted by Crippen LogP contribution is -2.48. The second-order valence-electron chi connectivity index (χ2n) is 8.68. The van der Waals surface area contributed by atoms with E-state index in [1.54, 1.807) is 24.0 Å². The van der Waals surface area contributed by atoms with Gasteiger partial charge >= 0.3 is 6.18 Å². The molecule has 14 heteroatoms. The quantitative estimate of drug-likeness (QED) is 0.351. The van der Waals surface area contributed by atoms with E-state index in [-0.39, 0.29) is 23.5 Å². The molecule has 1 saturated heterocycles. The Balaban J connectivity index is 1.57. The largest absolute Gasteiger partial charge is 0.494 e. The summed E-state index contributed by atoms with van der Waals surface area (Å²) in [6.07, 6.45) is -3.04. The molecule has 3 heterocycles. The van der Waals surface area contributed by atoms with E-state index in [0.29, 0.717) is 43.8 Å². The van der Waals surface area contributed by atoms with Crippen molar-refractivity contribution in [3.8, 4) is 5.75 Å². The number of pyridine rings is 1. The van der Waals surface area contributed by atoms with Crippen molar-refractivity contribution >= 4 is 46.6 Å². The topological polar surface area (TPSA) is 125 Å². The number of aromatic nitrogens is 3. The van der Waals surface area contributed by atoms with E-state index in [1.807, 2.05) is 6.07 Å². The summed E-state index contributed by atoms with van der Waals surface area (Å²) in [5, 5.41) is 7.92. The molecule has 0 spiro atoms. The van der Waals surface area contributed by atoms with Crippen LogP contribution in [0.15, 0.2) is 55.3 Å². The fourth-order valence-electron chi connectivity index (χ4n) is 4.00. The summed E-state index contributed by atoms with van der Waals surface area (Å²) in [6, 6.07) is 9.76. The molecular formula is C26H27F3N8O3. The highest BCUT2D eigenvalue weighted by Gasteiger charge is 2.35. The Bertz CT molecular complexity index is 1410. The Hall–Kier alpha value is -4.88. The standard InChI is InChI=1S/C26H27F3N8O3/c1-4-23(39)33-21-6-5-7-22(32-21)34-24-18(26(27,28)29)15-30-25(35-24)31-19-9-8-17(14-20(19)40-3)37-12-10-36(11-13-37)16(2)38/h4-9,14-15H,1,10-13H2,2-3H3,(H3,30,31,32,33,34,35,39). The lowest BCUT2D eigenvalue weighted by Gasteiger charge is -2.35. The van der Waals surface area contributed by atoms with Crippen LogP contribution in [0.1, 0.15) is 12.5 Å². The number of nitrogens with zero attached hydrogens (tertiary/aromatic N) is 5. The number of methoxy groups -OCH3 is 1. The summed E-state index contributed by atoms with van der Waals surface area (Å²) >= 11 is 0.